The number of imide groups is 1. The van der Waals surface area contributed by atoms with Gasteiger partial charge >= 0.3 is 0 Å². The van der Waals surface area contributed by atoms with E-state index >= 15 is 0 Å². The molecule has 3 unspecified atom stereocenters. The molecule has 2 amide bonds. The molecule has 2 aromatic rings. The molecule has 1 saturated heterocycles. The van der Waals surface area contributed by atoms with Gasteiger partial charge in [-0.2, -0.15) is 9.83 Å². The monoisotopic (exact) mass is 308 g/mol. The Labute approximate surface area is 132 Å². The number of pyridine rings is 1. The second kappa shape index (κ2) is 5.89. The summed E-state index contributed by atoms with van der Waals surface area (Å²) in [5.41, 5.74) is 0.652. The lowest BCUT2D eigenvalue weighted by Crippen LogP contribution is -2.59. The number of carbonyl (C=O) groups is 2. The number of aromatic hydroxyl groups is 1. The van der Waals surface area contributed by atoms with Gasteiger partial charge in [-0.05, 0) is 17.7 Å². The zero-order valence-corrected chi connectivity index (χ0v) is 12.1. The van der Waals surface area contributed by atoms with E-state index in [-0.39, 0.29) is 5.75 Å². The summed E-state index contributed by atoms with van der Waals surface area (Å²) in [6.07, 6.45) is 3.45. The molecule has 6 nitrogen and oxygen atoms in total. The van der Waals surface area contributed by atoms with Crippen LogP contribution in [0.25, 0.3) is 0 Å². The first-order chi connectivity index (χ1) is 11.1. The second-order valence-electron chi connectivity index (χ2n) is 5.35. The SMILES string of the molecule is N#CC1C(=O)NC(=O)C([n+]2ccccc2)C1c1ccc(O)cc1. The second-order valence-corrected chi connectivity index (χ2v) is 5.35. The van der Waals surface area contributed by atoms with E-state index in [2.05, 4.69) is 5.32 Å². The summed E-state index contributed by atoms with van der Waals surface area (Å²) in [5, 5.41) is 21.1. The van der Waals surface area contributed by atoms with E-state index < -0.39 is 29.7 Å². The summed E-state index contributed by atoms with van der Waals surface area (Å²) in [4.78, 5) is 24.5. The van der Waals surface area contributed by atoms with Crippen molar-refractivity contribution >= 4 is 11.8 Å². The molecule has 2 heterocycles. The van der Waals surface area contributed by atoms with Crippen LogP contribution in [0.1, 0.15) is 17.5 Å². The average Bonchev–Trinajstić information content (AvgIpc) is 2.56. The maximum absolute atomic E-state index is 12.4. The lowest BCUT2D eigenvalue weighted by molar-refractivity contribution is -0.713. The Morgan fingerprint density at radius 1 is 1.04 bits per heavy atom. The van der Waals surface area contributed by atoms with Crippen molar-refractivity contribution in [2.45, 2.75) is 12.0 Å². The maximum atomic E-state index is 12.4. The standard InChI is InChI=1S/C17H13N3O3/c18-10-13-14(11-4-6-12(21)7-5-11)15(17(23)19-16(13)22)20-8-2-1-3-9-20/h1-9,13-15H,(H-,19,21,22,23)/p+1. The number of nitrogens with one attached hydrogen (secondary N) is 1. The highest BCUT2D eigenvalue weighted by Gasteiger charge is 2.50. The van der Waals surface area contributed by atoms with Crippen LogP contribution < -0.4 is 9.88 Å². The van der Waals surface area contributed by atoms with E-state index in [0.29, 0.717) is 5.56 Å². The van der Waals surface area contributed by atoms with Crippen LogP contribution in [0.5, 0.6) is 5.75 Å². The molecule has 0 aliphatic carbocycles. The van der Waals surface area contributed by atoms with Crippen molar-refractivity contribution in [3.05, 3.63) is 60.4 Å². The normalized spacial score (nSPS) is 23.9. The minimum Gasteiger partial charge on any atom is -0.508 e. The van der Waals surface area contributed by atoms with Gasteiger partial charge in [-0.15, -0.1) is 0 Å². The van der Waals surface area contributed by atoms with Gasteiger partial charge in [-0.1, -0.05) is 18.2 Å². The minimum atomic E-state index is -0.991. The number of rotatable bonds is 2. The molecule has 1 fully saturated rings. The number of piperidine rings is 1. The molecule has 1 aliphatic rings. The molecule has 1 aromatic heterocycles. The summed E-state index contributed by atoms with van der Waals surface area (Å²) in [7, 11) is 0. The molecular weight excluding hydrogens is 294 g/mol. The van der Waals surface area contributed by atoms with Gasteiger partial charge in [0.15, 0.2) is 12.4 Å². The number of amides is 2. The van der Waals surface area contributed by atoms with Crippen LogP contribution in [0.4, 0.5) is 0 Å². The number of phenols is 1. The Hall–Kier alpha value is -3.20. The fourth-order valence-corrected chi connectivity index (χ4v) is 2.91. The van der Waals surface area contributed by atoms with Gasteiger partial charge in [-0.3, -0.25) is 14.9 Å². The third-order valence-electron chi connectivity index (χ3n) is 3.97. The topological polar surface area (TPSA) is 94.1 Å². The average molecular weight is 308 g/mol. The first-order valence-corrected chi connectivity index (χ1v) is 7.11. The quantitative estimate of drug-likeness (QED) is 0.634. The molecule has 0 saturated carbocycles. The van der Waals surface area contributed by atoms with Gasteiger partial charge in [0.2, 0.25) is 11.9 Å². The predicted octanol–water partition coefficient (Wildman–Crippen LogP) is 0.801. The van der Waals surface area contributed by atoms with Crippen molar-refractivity contribution in [1.82, 2.24) is 5.32 Å². The molecule has 114 valence electrons. The molecule has 23 heavy (non-hydrogen) atoms. The van der Waals surface area contributed by atoms with Crippen LogP contribution in [-0.4, -0.2) is 16.9 Å². The zero-order valence-electron chi connectivity index (χ0n) is 12.1. The molecule has 1 aliphatic heterocycles. The number of carbonyl (C=O) groups excluding carboxylic acids is 2. The van der Waals surface area contributed by atoms with Crippen LogP contribution in [-0.2, 0) is 9.59 Å². The predicted molar refractivity (Wildman–Crippen MR) is 78.8 cm³/mol. The largest absolute Gasteiger partial charge is 0.508 e. The van der Waals surface area contributed by atoms with E-state index in [0.717, 1.165) is 0 Å². The van der Waals surface area contributed by atoms with Crippen molar-refractivity contribution in [2.24, 2.45) is 5.92 Å². The maximum Gasteiger partial charge on any atom is 0.296 e. The highest BCUT2D eigenvalue weighted by Crippen LogP contribution is 2.36. The number of nitriles is 1. The molecular formula is C17H14N3O3+. The minimum absolute atomic E-state index is 0.0813. The van der Waals surface area contributed by atoms with Crippen LogP contribution in [0.2, 0.25) is 0 Å². The van der Waals surface area contributed by atoms with Crippen LogP contribution in [0.15, 0.2) is 54.9 Å². The summed E-state index contributed by atoms with van der Waals surface area (Å²) >= 11 is 0. The van der Waals surface area contributed by atoms with Gasteiger partial charge in [-0.25, -0.2) is 0 Å². The van der Waals surface area contributed by atoms with Gasteiger partial charge in [0.05, 0.1) is 12.0 Å². The first kappa shape index (κ1) is 14.7. The lowest BCUT2D eigenvalue weighted by atomic mass is 9.77. The number of nitrogens with zero attached hydrogens (tertiary/aromatic N) is 2. The van der Waals surface area contributed by atoms with E-state index in [1.807, 2.05) is 12.1 Å². The van der Waals surface area contributed by atoms with Gasteiger partial charge in [0.25, 0.3) is 5.91 Å². The zero-order chi connectivity index (χ0) is 16.4. The van der Waals surface area contributed by atoms with Gasteiger partial charge in [0.1, 0.15) is 11.7 Å². The lowest BCUT2D eigenvalue weighted by Gasteiger charge is -2.29. The van der Waals surface area contributed by atoms with Crippen LogP contribution in [0, 0.1) is 17.2 Å². The van der Waals surface area contributed by atoms with Crippen molar-refractivity contribution < 1.29 is 19.3 Å². The molecule has 3 atom stereocenters. The molecule has 3 rings (SSSR count). The van der Waals surface area contributed by atoms with Crippen molar-refractivity contribution in [3.63, 3.8) is 0 Å². The number of benzene rings is 1. The summed E-state index contributed by atoms with van der Waals surface area (Å²) in [5.74, 6) is -2.58. The molecule has 0 radical (unpaired) electrons. The highest BCUT2D eigenvalue weighted by atomic mass is 16.3. The van der Waals surface area contributed by atoms with E-state index in [1.165, 1.54) is 12.1 Å². The third-order valence-corrected chi connectivity index (χ3v) is 3.97. The third kappa shape index (κ3) is 2.64. The molecule has 0 spiro atoms. The van der Waals surface area contributed by atoms with Crippen LogP contribution >= 0.6 is 0 Å². The fraction of sp³-hybridized carbons (Fsp3) is 0.176. The van der Waals surface area contributed by atoms with Crippen LogP contribution in [0.3, 0.4) is 0 Å². The first-order valence-electron chi connectivity index (χ1n) is 7.11. The Bertz CT molecular complexity index is 781. The fourth-order valence-electron chi connectivity index (χ4n) is 2.91. The molecule has 1 aromatic carbocycles. The van der Waals surface area contributed by atoms with E-state index in [4.69, 9.17) is 0 Å². The molecule has 6 heteroatoms. The Kier molecular flexibility index (Phi) is 3.77. The number of hydrogen-bond acceptors (Lipinski definition) is 4. The Balaban J connectivity index is 2.13. The molecule has 0 bridgehead atoms. The number of phenolic OH excluding ortho intramolecular Hbond substituents is 1. The van der Waals surface area contributed by atoms with E-state index in [9.17, 15) is 20.0 Å². The summed E-state index contributed by atoms with van der Waals surface area (Å²) in [6, 6.07) is 12.9. The smallest absolute Gasteiger partial charge is 0.296 e. The number of hydrogen-bond donors (Lipinski definition) is 2. The Morgan fingerprint density at radius 2 is 1.70 bits per heavy atom. The summed E-state index contributed by atoms with van der Waals surface area (Å²) in [6.45, 7) is 0. The molecule has 2 N–H and O–H groups in total. The van der Waals surface area contributed by atoms with Gasteiger partial charge < -0.3 is 5.11 Å². The Morgan fingerprint density at radius 3 is 2.30 bits per heavy atom. The van der Waals surface area contributed by atoms with E-state index in [1.54, 1.807) is 41.2 Å². The van der Waals surface area contributed by atoms with Crippen molar-refractivity contribution in [1.29, 1.82) is 5.26 Å². The number of aromatic nitrogens is 1. The summed E-state index contributed by atoms with van der Waals surface area (Å²) < 4.78 is 1.68. The van der Waals surface area contributed by atoms with Crippen molar-refractivity contribution in [3.8, 4) is 11.8 Å². The highest BCUT2D eigenvalue weighted by molar-refractivity contribution is 6.02. The van der Waals surface area contributed by atoms with Crippen molar-refractivity contribution in [2.75, 3.05) is 0 Å². The van der Waals surface area contributed by atoms with Gasteiger partial charge in [0, 0.05) is 12.1 Å².